The van der Waals surface area contributed by atoms with Gasteiger partial charge < -0.3 is 14.5 Å². The van der Waals surface area contributed by atoms with Gasteiger partial charge in [0.05, 0.1) is 30.3 Å². The number of pyridine rings is 1. The van der Waals surface area contributed by atoms with Gasteiger partial charge in [-0.25, -0.2) is 0 Å². The maximum absolute atomic E-state index is 13.1. The van der Waals surface area contributed by atoms with Gasteiger partial charge in [0.15, 0.2) is 0 Å². The van der Waals surface area contributed by atoms with Crippen LogP contribution in [0.1, 0.15) is 39.2 Å². The van der Waals surface area contributed by atoms with Gasteiger partial charge >= 0.3 is 0 Å². The number of fused-ring (bicyclic) bond motifs is 1. The number of hydrogen-bond acceptors (Lipinski definition) is 5. The van der Waals surface area contributed by atoms with Gasteiger partial charge in [0.25, 0.3) is 5.91 Å². The summed E-state index contributed by atoms with van der Waals surface area (Å²) in [6.07, 6.45) is 0. The van der Waals surface area contributed by atoms with Gasteiger partial charge in [-0.1, -0.05) is 11.6 Å². The summed E-state index contributed by atoms with van der Waals surface area (Å²) in [6.45, 7) is 9.36. The van der Waals surface area contributed by atoms with E-state index in [0.29, 0.717) is 25.3 Å². The number of carbonyl (C=O) groups is 1. The Kier molecular flexibility index (Phi) is 5.65. The van der Waals surface area contributed by atoms with E-state index in [9.17, 15) is 4.79 Å². The minimum atomic E-state index is -0.0902. The number of rotatable bonds is 5. The fraction of sp³-hybridized carbons (Fsp3) is 0.391. The topological polar surface area (TPSA) is 67.6 Å². The lowest BCUT2D eigenvalue weighted by Gasteiger charge is -2.33. The zero-order valence-electron chi connectivity index (χ0n) is 17.2. The molecule has 0 radical (unpaired) electrons. The number of hydrogen-bond donors (Lipinski definition) is 1. The Morgan fingerprint density at radius 1 is 1.14 bits per heavy atom. The van der Waals surface area contributed by atoms with Crippen LogP contribution < -0.4 is 5.32 Å². The normalized spacial score (nSPS) is 16.1. The number of carbonyl (C=O) groups excluding carboxylic acids is 1. The molecule has 3 aromatic rings. The minimum Gasteiger partial charge on any atom is -0.465 e. The zero-order chi connectivity index (χ0) is 20.4. The second-order valence-corrected chi connectivity index (χ2v) is 7.65. The molecule has 1 aliphatic rings. The van der Waals surface area contributed by atoms with Gasteiger partial charge in [0, 0.05) is 30.7 Å². The van der Waals surface area contributed by atoms with E-state index in [-0.39, 0.29) is 11.9 Å². The number of nitrogens with one attached hydrogen (secondary N) is 1. The van der Waals surface area contributed by atoms with Crippen LogP contribution in [0.5, 0.6) is 0 Å². The van der Waals surface area contributed by atoms with Crippen molar-refractivity contribution in [1.82, 2.24) is 15.2 Å². The molecule has 1 atom stereocenters. The number of benzene rings is 1. The molecule has 0 aliphatic carbocycles. The van der Waals surface area contributed by atoms with E-state index in [1.165, 1.54) is 0 Å². The van der Waals surface area contributed by atoms with E-state index in [4.69, 9.17) is 9.15 Å². The van der Waals surface area contributed by atoms with Crippen LogP contribution in [0.4, 0.5) is 0 Å². The molecule has 6 nitrogen and oxygen atoms in total. The summed E-state index contributed by atoms with van der Waals surface area (Å²) < 4.78 is 11.4. The molecule has 6 heteroatoms. The number of aryl methyl sites for hydroxylation is 3. The van der Waals surface area contributed by atoms with Crippen molar-refractivity contribution in [2.45, 2.75) is 26.8 Å². The highest BCUT2D eigenvalue weighted by molar-refractivity contribution is 6.06. The van der Waals surface area contributed by atoms with E-state index in [1.54, 1.807) is 0 Å². The van der Waals surface area contributed by atoms with Gasteiger partial charge in [0.1, 0.15) is 11.5 Å². The standard InChI is InChI=1S/C23H27N3O3/c1-15-4-6-20-18(12-15)19(13-16(2)25-20)23(27)24-14-21(22-7-5-17(3)29-22)26-8-10-28-11-9-26/h4-7,12-13,21H,8-11,14H2,1-3H3,(H,24,27). The van der Waals surface area contributed by atoms with Crippen LogP contribution in [0.2, 0.25) is 0 Å². The Labute approximate surface area is 170 Å². The Morgan fingerprint density at radius 3 is 2.66 bits per heavy atom. The predicted molar refractivity (Wildman–Crippen MR) is 112 cm³/mol. The van der Waals surface area contributed by atoms with E-state index in [0.717, 1.165) is 46.8 Å². The molecule has 1 N–H and O–H groups in total. The van der Waals surface area contributed by atoms with Gasteiger partial charge in [-0.3, -0.25) is 14.7 Å². The Bertz CT molecular complexity index is 1020. The third kappa shape index (κ3) is 4.33. The van der Waals surface area contributed by atoms with Crippen molar-refractivity contribution in [1.29, 1.82) is 0 Å². The molecule has 1 aromatic carbocycles. The first kappa shape index (κ1) is 19.6. The summed E-state index contributed by atoms with van der Waals surface area (Å²) in [5.74, 6) is 1.65. The van der Waals surface area contributed by atoms with Crippen molar-refractivity contribution in [3.63, 3.8) is 0 Å². The largest absolute Gasteiger partial charge is 0.465 e. The first-order valence-corrected chi connectivity index (χ1v) is 10.1. The molecule has 0 saturated carbocycles. The lowest BCUT2D eigenvalue weighted by molar-refractivity contribution is 0.0117. The number of amides is 1. The Hall–Kier alpha value is -2.70. The fourth-order valence-corrected chi connectivity index (χ4v) is 3.88. The van der Waals surface area contributed by atoms with Crippen molar-refractivity contribution < 1.29 is 13.9 Å². The lowest BCUT2D eigenvalue weighted by Crippen LogP contribution is -2.43. The first-order valence-electron chi connectivity index (χ1n) is 10.1. The van der Waals surface area contributed by atoms with Crippen molar-refractivity contribution in [2.24, 2.45) is 0 Å². The van der Waals surface area contributed by atoms with Crippen LogP contribution in [0, 0.1) is 20.8 Å². The maximum Gasteiger partial charge on any atom is 0.252 e. The molecule has 1 saturated heterocycles. The fourth-order valence-electron chi connectivity index (χ4n) is 3.88. The third-order valence-electron chi connectivity index (χ3n) is 5.37. The molecular weight excluding hydrogens is 366 g/mol. The number of furan rings is 1. The third-order valence-corrected chi connectivity index (χ3v) is 5.37. The molecule has 1 aliphatic heterocycles. The average Bonchev–Trinajstić information content (AvgIpc) is 3.14. The second kappa shape index (κ2) is 8.35. The average molecular weight is 393 g/mol. The van der Waals surface area contributed by atoms with Crippen LogP contribution in [-0.4, -0.2) is 48.6 Å². The highest BCUT2D eigenvalue weighted by Gasteiger charge is 2.26. The van der Waals surface area contributed by atoms with E-state index < -0.39 is 0 Å². The number of aromatic nitrogens is 1. The van der Waals surface area contributed by atoms with Crippen molar-refractivity contribution >= 4 is 16.8 Å². The monoisotopic (exact) mass is 393 g/mol. The molecule has 0 spiro atoms. The Morgan fingerprint density at radius 2 is 1.93 bits per heavy atom. The van der Waals surface area contributed by atoms with Gasteiger partial charge in [-0.15, -0.1) is 0 Å². The van der Waals surface area contributed by atoms with Crippen LogP contribution in [0.25, 0.3) is 10.9 Å². The van der Waals surface area contributed by atoms with Crippen LogP contribution in [0.3, 0.4) is 0 Å². The minimum absolute atomic E-state index is 0.0208. The molecule has 0 bridgehead atoms. The van der Waals surface area contributed by atoms with Gasteiger partial charge in [-0.05, 0) is 51.1 Å². The van der Waals surface area contributed by atoms with E-state index in [1.807, 2.05) is 57.2 Å². The molecule has 4 rings (SSSR count). The lowest BCUT2D eigenvalue weighted by atomic mass is 10.0. The Balaban J connectivity index is 1.58. The SMILES string of the molecule is Cc1ccc2nc(C)cc(C(=O)NCC(c3ccc(C)o3)N3CCOCC3)c2c1. The summed E-state index contributed by atoms with van der Waals surface area (Å²) >= 11 is 0. The van der Waals surface area contributed by atoms with Crippen LogP contribution in [-0.2, 0) is 4.74 Å². The van der Waals surface area contributed by atoms with E-state index in [2.05, 4.69) is 15.2 Å². The summed E-state index contributed by atoms with van der Waals surface area (Å²) in [5, 5.41) is 4.01. The smallest absolute Gasteiger partial charge is 0.252 e. The number of nitrogens with zero attached hydrogens (tertiary/aromatic N) is 2. The molecule has 1 fully saturated rings. The summed E-state index contributed by atoms with van der Waals surface area (Å²) in [5.41, 5.74) is 3.44. The molecule has 152 valence electrons. The first-order chi connectivity index (χ1) is 14.0. The predicted octanol–water partition coefficient (Wildman–Crippen LogP) is 3.56. The second-order valence-electron chi connectivity index (χ2n) is 7.65. The molecule has 2 aromatic heterocycles. The summed E-state index contributed by atoms with van der Waals surface area (Å²) in [6, 6.07) is 11.8. The summed E-state index contributed by atoms with van der Waals surface area (Å²) in [7, 11) is 0. The molecule has 1 unspecified atom stereocenters. The van der Waals surface area contributed by atoms with Crippen molar-refractivity contribution in [2.75, 3.05) is 32.8 Å². The van der Waals surface area contributed by atoms with E-state index >= 15 is 0 Å². The van der Waals surface area contributed by atoms with Crippen LogP contribution >= 0.6 is 0 Å². The van der Waals surface area contributed by atoms with Gasteiger partial charge in [0.2, 0.25) is 0 Å². The molecular formula is C23H27N3O3. The number of ether oxygens (including phenoxy) is 1. The molecule has 3 heterocycles. The van der Waals surface area contributed by atoms with Gasteiger partial charge in [-0.2, -0.15) is 0 Å². The number of morpholine rings is 1. The zero-order valence-corrected chi connectivity index (χ0v) is 17.2. The summed E-state index contributed by atoms with van der Waals surface area (Å²) in [4.78, 5) is 20.0. The van der Waals surface area contributed by atoms with Crippen molar-refractivity contribution in [3.8, 4) is 0 Å². The molecule has 1 amide bonds. The van der Waals surface area contributed by atoms with Crippen LogP contribution in [0.15, 0.2) is 40.8 Å². The molecule has 29 heavy (non-hydrogen) atoms. The van der Waals surface area contributed by atoms with Crippen molar-refractivity contribution in [3.05, 3.63) is 64.7 Å². The maximum atomic E-state index is 13.1. The highest BCUT2D eigenvalue weighted by Crippen LogP contribution is 2.24. The quantitative estimate of drug-likeness (QED) is 0.718. The highest BCUT2D eigenvalue weighted by atomic mass is 16.5.